The highest BCUT2D eigenvalue weighted by Gasteiger charge is 2.33. The Balaban J connectivity index is 1.90. The molecular formula is C15H17N5. The van der Waals surface area contributed by atoms with Gasteiger partial charge in [0.1, 0.15) is 11.5 Å². The maximum Gasteiger partial charge on any atom is 0.126 e. The van der Waals surface area contributed by atoms with E-state index >= 15 is 0 Å². The van der Waals surface area contributed by atoms with Crippen LogP contribution in [0.1, 0.15) is 42.4 Å². The monoisotopic (exact) mass is 267 g/mol. The molecule has 0 aromatic carbocycles. The maximum absolute atomic E-state index is 4.70. The lowest BCUT2D eigenvalue weighted by atomic mass is 9.84. The van der Waals surface area contributed by atoms with E-state index in [-0.39, 0.29) is 0 Å². The van der Waals surface area contributed by atoms with Gasteiger partial charge < -0.3 is 5.32 Å². The molecule has 2 bridgehead atoms. The van der Waals surface area contributed by atoms with Crippen LogP contribution >= 0.6 is 0 Å². The van der Waals surface area contributed by atoms with Gasteiger partial charge in [0.15, 0.2) is 0 Å². The zero-order valence-corrected chi connectivity index (χ0v) is 11.5. The van der Waals surface area contributed by atoms with Crippen LogP contribution in [0.3, 0.4) is 0 Å². The highest BCUT2D eigenvalue weighted by molar-refractivity contribution is 5.60. The number of aromatic nitrogens is 4. The van der Waals surface area contributed by atoms with E-state index in [9.17, 15) is 0 Å². The minimum Gasteiger partial charge on any atom is -0.305 e. The third-order valence-electron chi connectivity index (χ3n) is 4.22. The summed E-state index contributed by atoms with van der Waals surface area (Å²) in [6.45, 7) is 1.95. The Labute approximate surface area is 117 Å². The molecule has 0 unspecified atom stereocenters. The Bertz CT molecular complexity index is 640. The van der Waals surface area contributed by atoms with Gasteiger partial charge in [-0.3, -0.25) is 9.97 Å². The smallest absolute Gasteiger partial charge is 0.126 e. The van der Waals surface area contributed by atoms with E-state index in [0.717, 1.165) is 23.6 Å². The minimum atomic E-state index is 0.384. The molecule has 1 fully saturated rings. The van der Waals surface area contributed by atoms with Crippen molar-refractivity contribution in [2.75, 3.05) is 0 Å². The predicted octanol–water partition coefficient (Wildman–Crippen LogP) is 1.98. The first-order valence-corrected chi connectivity index (χ1v) is 7.21. The lowest BCUT2D eigenvalue weighted by molar-refractivity contribution is 0.295. The Morgan fingerprint density at radius 2 is 2.15 bits per heavy atom. The minimum absolute atomic E-state index is 0.384. The molecular weight excluding hydrogens is 250 g/mol. The summed E-state index contributed by atoms with van der Waals surface area (Å²) in [4.78, 5) is 17.9. The van der Waals surface area contributed by atoms with E-state index in [1.54, 1.807) is 18.6 Å². The van der Waals surface area contributed by atoms with Crippen molar-refractivity contribution in [1.29, 1.82) is 0 Å². The van der Waals surface area contributed by atoms with E-state index in [1.165, 1.54) is 30.5 Å². The van der Waals surface area contributed by atoms with Gasteiger partial charge in [0.25, 0.3) is 0 Å². The zero-order valence-electron chi connectivity index (χ0n) is 11.5. The van der Waals surface area contributed by atoms with Crippen molar-refractivity contribution in [2.45, 2.75) is 44.7 Å². The van der Waals surface area contributed by atoms with Crippen LogP contribution in [0.15, 0.2) is 18.6 Å². The first-order valence-electron chi connectivity index (χ1n) is 7.21. The van der Waals surface area contributed by atoms with Gasteiger partial charge in [0.2, 0.25) is 0 Å². The Morgan fingerprint density at radius 1 is 1.20 bits per heavy atom. The molecule has 0 amide bonds. The third kappa shape index (κ3) is 1.89. The van der Waals surface area contributed by atoms with Crippen LogP contribution in [0.5, 0.6) is 0 Å². The van der Waals surface area contributed by atoms with Crippen LogP contribution in [0.2, 0.25) is 0 Å². The van der Waals surface area contributed by atoms with Crippen LogP contribution in [-0.4, -0.2) is 26.0 Å². The summed E-state index contributed by atoms with van der Waals surface area (Å²) in [6, 6.07) is 0.942. The van der Waals surface area contributed by atoms with E-state index in [4.69, 9.17) is 4.98 Å². The largest absolute Gasteiger partial charge is 0.305 e. The SMILES string of the molecule is Cc1nc(-c2cnccn2)c2c(n1)[C@H]1CCC[C@@H](C2)N1. The molecule has 4 heterocycles. The number of aryl methyl sites for hydroxylation is 1. The molecule has 2 aromatic rings. The quantitative estimate of drug-likeness (QED) is 0.856. The first-order chi connectivity index (χ1) is 9.81. The topological polar surface area (TPSA) is 63.6 Å². The van der Waals surface area contributed by atoms with Gasteiger partial charge in [-0.15, -0.1) is 0 Å². The van der Waals surface area contributed by atoms with Gasteiger partial charge in [-0.1, -0.05) is 0 Å². The molecule has 2 aromatic heterocycles. The maximum atomic E-state index is 4.70. The van der Waals surface area contributed by atoms with Crippen molar-refractivity contribution in [2.24, 2.45) is 0 Å². The van der Waals surface area contributed by atoms with Gasteiger partial charge in [-0.05, 0) is 32.6 Å². The van der Waals surface area contributed by atoms with Crippen LogP contribution < -0.4 is 5.32 Å². The summed E-state index contributed by atoms with van der Waals surface area (Å²) >= 11 is 0. The number of nitrogens with one attached hydrogen (secondary N) is 1. The van der Waals surface area contributed by atoms with Gasteiger partial charge in [-0.2, -0.15) is 0 Å². The number of hydrogen-bond acceptors (Lipinski definition) is 5. The second kappa shape index (κ2) is 4.59. The van der Waals surface area contributed by atoms with Gasteiger partial charge in [-0.25, -0.2) is 9.97 Å². The van der Waals surface area contributed by atoms with Crippen molar-refractivity contribution >= 4 is 0 Å². The van der Waals surface area contributed by atoms with Crippen LogP contribution in [0.4, 0.5) is 0 Å². The molecule has 5 nitrogen and oxygen atoms in total. The molecule has 0 spiro atoms. The summed E-state index contributed by atoms with van der Waals surface area (Å²) in [6.07, 6.45) is 9.90. The standard InChI is InChI=1S/C15H17N5/c1-9-18-14-11(7-10-3-2-4-12(14)20-10)15(19-9)13-8-16-5-6-17-13/h5-6,8,10,12,20H,2-4,7H2,1H3/t10-,12+/m0/s1. The van der Waals surface area contributed by atoms with Crippen LogP contribution in [0.25, 0.3) is 11.4 Å². The molecule has 0 aliphatic carbocycles. The first kappa shape index (κ1) is 11.9. The lowest BCUT2D eigenvalue weighted by Crippen LogP contribution is -2.43. The summed E-state index contributed by atoms with van der Waals surface area (Å²) in [5, 5.41) is 3.69. The molecule has 5 heteroatoms. The highest BCUT2D eigenvalue weighted by Crippen LogP contribution is 2.36. The fourth-order valence-electron chi connectivity index (χ4n) is 3.38. The summed E-state index contributed by atoms with van der Waals surface area (Å²) < 4.78 is 0. The zero-order chi connectivity index (χ0) is 13.5. The average molecular weight is 267 g/mol. The lowest BCUT2D eigenvalue weighted by Gasteiger charge is -2.37. The number of nitrogens with zero attached hydrogens (tertiary/aromatic N) is 4. The molecule has 2 atom stereocenters. The summed E-state index contributed by atoms with van der Waals surface area (Å²) in [5.74, 6) is 0.815. The normalized spacial score (nSPS) is 24.2. The molecule has 4 rings (SSSR count). The second-order valence-electron chi connectivity index (χ2n) is 5.63. The van der Waals surface area contributed by atoms with Crippen molar-refractivity contribution in [3.05, 3.63) is 35.7 Å². The molecule has 0 radical (unpaired) electrons. The predicted molar refractivity (Wildman–Crippen MR) is 75.0 cm³/mol. The number of fused-ring (bicyclic) bond motifs is 4. The third-order valence-corrected chi connectivity index (χ3v) is 4.22. The van der Waals surface area contributed by atoms with Crippen molar-refractivity contribution in [3.8, 4) is 11.4 Å². The Kier molecular flexibility index (Phi) is 2.73. The van der Waals surface area contributed by atoms with Crippen LogP contribution in [0, 0.1) is 6.92 Å². The number of hydrogen-bond donors (Lipinski definition) is 1. The second-order valence-corrected chi connectivity index (χ2v) is 5.63. The summed E-state index contributed by atoms with van der Waals surface area (Å²) in [7, 11) is 0. The highest BCUT2D eigenvalue weighted by atomic mass is 15.0. The molecule has 0 saturated carbocycles. The van der Waals surface area contributed by atoms with E-state index in [1.807, 2.05) is 6.92 Å². The fraction of sp³-hybridized carbons (Fsp3) is 0.467. The van der Waals surface area contributed by atoms with Crippen molar-refractivity contribution < 1.29 is 0 Å². The van der Waals surface area contributed by atoms with Crippen molar-refractivity contribution in [3.63, 3.8) is 0 Å². The molecule has 1 saturated heterocycles. The van der Waals surface area contributed by atoms with E-state index in [2.05, 4.69) is 20.3 Å². The van der Waals surface area contributed by atoms with Crippen molar-refractivity contribution in [1.82, 2.24) is 25.3 Å². The molecule has 2 aliphatic heterocycles. The summed E-state index contributed by atoms with van der Waals surface area (Å²) in [5.41, 5.74) is 4.27. The van der Waals surface area contributed by atoms with Crippen LogP contribution in [-0.2, 0) is 6.42 Å². The fourth-order valence-corrected chi connectivity index (χ4v) is 3.38. The van der Waals surface area contributed by atoms with Gasteiger partial charge in [0, 0.05) is 24.0 Å². The van der Waals surface area contributed by atoms with Gasteiger partial charge in [0.05, 0.1) is 23.6 Å². The average Bonchev–Trinajstić information content (AvgIpc) is 2.49. The molecule has 2 aliphatic rings. The molecule has 102 valence electrons. The van der Waals surface area contributed by atoms with Gasteiger partial charge >= 0.3 is 0 Å². The number of rotatable bonds is 1. The Hall–Kier alpha value is -1.88. The Morgan fingerprint density at radius 3 is 3.00 bits per heavy atom. The van der Waals surface area contributed by atoms with E-state index < -0.39 is 0 Å². The number of piperidine rings is 1. The van der Waals surface area contributed by atoms with E-state index in [0.29, 0.717) is 12.1 Å². The molecule has 20 heavy (non-hydrogen) atoms. The molecule has 1 N–H and O–H groups in total.